The van der Waals surface area contributed by atoms with Crippen LogP contribution in [-0.2, 0) is 0 Å². The first-order chi connectivity index (χ1) is 12.3. The van der Waals surface area contributed by atoms with E-state index in [1.165, 1.54) is 5.56 Å². The molecule has 3 aromatic heterocycles. The van der Waals surface area contributed by atoms with Gasteiger partial charge in [0.25, 0.3) is 0 Å². The van der Waals surface area contributed by atoms with E-state index in [4.69, 9.17) is 9.52 Å². The van der Waals surface area contributed by atoms with Crippen molar-refractivity contribution in [1.82, 2.24) is 4.68 Å². The number of fused-ring (bicyclic) bond motifs is 1. The Morgan fingerprint density at radius 3 is 2.84 bits per heavy atom. The molecule has 3 heterocycles. The van der Waals surface area contributed by atoms with Gasteiger partial charge < -0.3 is 4.42 Å². The summed E-state index contributed by atoms with van der Waals surface area (Å²) in [6, 6.07) is 12.2. The molecule has 0 unspecified atom stereocenters. The van der Waals surface area contributed by atoms with Crippen LogP contribution in [0.15, 0.2) is 61.7 Å². The second kappa shape index (κ2) is 6.82. The SMILES string of the molecule is CCN=c1scc(-c2cc3ccccc3o2)n1N=Cc1sccc1C. The number of furan rings is 1. The normalized spacial score (nSPS) is 12.6. The fourth-order valence-corrected chi connectivity index (χ4v) is 4.22. The third-order valence-electron chi connectivity index (χ3n) is 3.85. The average molecular weight is 367 g/mol. The summed E-state index contributed by atoms with van der Waals surface area (Å²) >= 11 is 3.26. The van der Waals surface area contributed by atoms with E-state index < -0.39 is 0 Å². The molecule has 0 aliphatic heterocycles. The molecule has 1 aromatic carbocycles. The third kappa shape index (κ3) is 3.10. The predicted molar refractivity (Wildman–Crippen MR) is 106 cm³/mol. The Hall–Kier alpha value is -2.44. The second-order valence-corrected chi connectivity index (χ2v) is 7.33. The number of benzene rings is 1. The van der Waals surface area contributed by atoms with Crippen LogP contribution in [-0.4, -0.2) is 17.4 Å². The molecule has 4 aromatic rings. The molecule has 0 atom stereocenters. The Bertz CT molecular complexity index is 1080. The highest BCUT2D eigenvalue weighted by Gasteiger charge is 2.12. The first kappa shape index (κ1) is 16.1. The molecule has 126 valence electrons. The molecule has 6 heteroatoms. The van der Waals surface area contributed by atoms with Crippen molar-refractivity contribution in [2.24, 2.45) is 10.1 Å². The van der Waals surface area contributed by atoms with Crippen LogP contribution in [0.2, 0.25) is 0 Å². The van der Waals surface area contributed by atoms with E-state index in [1.54, 1.807) is 22.7 Å². The maximum atomic E-state index is 6.02. The van der Waals surface area contributed by atoms with Gasteiger partial charge >= 0.3 is 0 Å². The lowest BCUT2D eigenvalue weighted by molar-refractivity contribution is 0.621. The average Bonchev–Trinajstić information content (AvgIpc) is 3.31. The van der Waals surface area contributed by atoms with Crippen LogP contribution in [0.3, 0.4) is 0 Å². The molecule has 0 aliphatic rings. The van der Waals surface area contributed by atoms with Crippen LogP contribution in [0.25, 0.3) is 22.4 Å². The van der Waals surface area contributed by atoms with Crippen molar-refractivity contribution in [3.63, 3.8) is 0 Å². The van der Waals surface area contributed by atoms with Gasteiger partial charge in [0.1, 0.15) is 11.3 Å². The van der Waals surface area contributed by atoms with Gasteiger partial charge in [0.15, 0.2) is 5.76 Å². The summed E-state index contributed by atoms with van der Waals surface area (Å²) in [6.45, 7) is 4.83. The van der Waals surface area contributed by atoms with Crippen molar-refractivity contribution in [2.75, 3.05) is 6.54 Å². The van der Waals surface area contributed by atoms with E-state index in [1.807, 2.05) is 41.4 Å². The Morgan fingerprint density at radius 1 is 1.20 bits per heavy atom. The van der Waals surface area contributed by atoms with Crippen molar-refractivity contribution in [2.45, 2.75) is 13.8 Å². The standard InChI is InChI=1S/C19H17N3OS2/c1-3-20-19-22(21-11-18-13(2)8-9-24-18)15(12-25-19)17-10-14-6-4-5-7-16(14)23-17/h4-12H,3H2,1-2H3. The maximum Gasteiger partial charge on any atom is 0.206 e. The Morgan fingerprint density at radius 2 is 2.08 bits per heavy atom. The largest absolute Gasteiger partial charge is 0.454 e. The quantitative estimate of drug-likeness (QED) is 0.461. The number of aryl methyl sites for hydroxylation is 1. The highest BCUT2D eigenvalue weighted by atomic mass is 32.1. The number of thiazole rings is 1. The number of aromatic nitrogens is 1. The summed E-state index contributed by atoms with van der Waals surface area (Å²) in [5.74, 6) is 0.801. The van der Waals surface area contributed by atoms with E-state index in [2.05, 4.69) is 35.5 Å². The lowest BCUT2D eigenvalue weighted by Crippen LogP contribution is -2.12. The van der Waals surface area contributed by atoms with E-state index in [9.17, 15) is 0 Å². The van der Waals surface area contributed by atoms with Gasteiger partial charge in [0, 0.05) is 17.3 Å². The molecule has 0 fully saturated rings. The number of nitrogens with zero attached hydrogens (tertiary/aromatic N) is 3. The van der Waals surface area contributed by atoms with Gasteiger partial charge in [-0.05, 0) is 43.0 Å². The summed E-state index contributed by atoms with van der Waals surface area (Å²) in [7, 11) is 0. The highest BCUT2D eigenvalue weighted by Crippen LogP contribution is 2.28. The molecule has 25 heavy (non-hydrogen) atoms. The summed E-state index contributed by atoms with van der Waals surface area (Å²) in [6.07, 6.45) is 1.90. The molecule has 0 amide bonds. The van der Waals surface area contributed by atoms with Crippen molar-refractivity contribution in [3.8, 4) is 11.5 Å². The Kier molecular flexibility index (Phi) is 4.38. The van der Waals surface area contributed by atoms with Gasteiger partial charge in [-0.15, -0.1) is 22.7 Å². The van der Waals surface area contributed by atoms with Crippen molar-refractivity contribution in [1.29, 1.82) is 0 Å². The summed E-state index contributed by atoms with van der Waals surface area (Å²) in [5, 5.41) is 9.90. The number of rotatable bonds is 4. The molecule has 0 bridgehead atoms. The molecule has 0 saturated heterocycles. The number of hydrogen-bond donors (Lipinski definition) is 0. The van der Waals surface area contributed by atoms with Crippen LogP contribution in [0.4, 0.5) is 0 Å². The molecule has 0 radical (unpaired) electrons. The van der Waals surface area contributed by atoms with Crippen LogP contribution < -0.4 is 4.80 Å². The third-order valence-corrected chi connectivity index (χ3v) is 5.66. The van der Waals surface area contributed by atoms with Gasteiger partial charge in [-0.25, -0.2) is 4.68 Å². The number of para-hydroxylation sites is 1. The van der Waals surface area contributed by atoms with Crippen LogP contribution in [0.1, 0.15) is 17.4 Å². The van der Waals surface area contributed by atoms with Crippen molar-refractivity contribution in [3.05, 3.63) is 62.4 Å². The topological polar surface area (TPSA) is 42.8 Å². The van der Waals surface area contributed by atoms with Crippen LogP contribution in [0, 0.1) is 6.92 Å². The van der Waals surface area contributed by atoms with Crippen molar-refractivity contribution < 1.29 is 4.42 Å². The summed E-state index contributed by atoms with van der Waals surface area (Å²) < 4.78 is 7.89. The second-order valence-electron chi connectivity index (χ2n) is 5.55. The highest BCUT2D eigenvalue weighted by molar-refractivity contribution is 7.11. The number of thiophene rings is 1. The molecule has 0 saturated carbocycles. The van der Waals surface area contributed by atoms with E-state index in [-0.39, 0.29) is 0 Å². The minimum atomic E-state index is 0.716. The lowest BCUT2D eigenvalue weighted by Gasteiger charge is -2.00. The molecule has 4 nitrogen and oxygen atoms in total. The summed E-state index contributed by atoms with van der Waals surface area (Å²) in [5.41, 5.74) is 3.02. The Labute approximate surface area is 153 Å². The minimum Gasteiger partial charge on any atom is -0.454 e. The smallest absolute Gasteiger partial charge is 0.206 e. The van der Waals surface area contributed by atoms with E-state index in [0.717, 1.165) is 32.1 Å². The van der Waals surface area contributed by atoms with Gasteiger partial charge in [-0.2, -0.15) is 5.10 Å². The van der Waals surface area contributed by atoms with Gasteiger partial charge in [0.2, 0.25) is 4.80 Å². The first-order valence-corrected chi connectivity index (χ1v) is 9.80. The van der Waals surface area contributed by atoms with Crippen molar-refractivity contribution >= 4 is 39.9 Å². The molecular formula is C19H17N3OS2. The first-order valence-electron chi connectivity index (χ1n) is 8.04. The molecule has 0 aliphatic carbocycles. The monoisotopic (exact) mass is 367 g/mol. The van der Waals surface area contributed by atoms with Crippen LogP contribution >= 0.6 is 22.7 Å². The predicted octanol–water partition coefficient (Wildman–Crippen LogP) is 5.14. The number of hydrogen-bond acceptors (Lipinski definition) is 5. The fraction of sp³-hybridized carbons (Fsp3) is 0.158. The lowest BCUT2D eigenvalue weighted by atomic mass is 10.2. The molecule has 4 rings (SSSR count). The van der Waals surface area contributed by atoms with Gasteiger partial charge in [-0.3, -0.25) is 4.99 Å². The van der Waals surface area contributed by atoms with Gasteiger partial charge in [-0.1, -0.05) is 18.2 Å². The summed E-state index contributed by atoms with van der Waals surface area (Å²) in [4.78, 5) is 6.57. The van der Waals surface area contributed by atoms with Crippen LogP contribution in [0.5, 0.6) is 0 Å². The zero-order chi connectivity index (χ0) is 17.2. The Balaban J connectivity index is 1.84. The van der Waals surface area contributed by atoms with E-state index in [0.29, 0.717) is 6.54 Å². The maximum absolute atomic E-state index is 6.02. The zero-order valence-corrected chi connectivity index (χ0v) is 15.6. The minimum absolute atomic E-state index is 0.716. The molecule has 0 N–H and O–H groups in total. The molecular weight excluding hydrogens is 350 g/mol. The fourth-order valence-electron chi connectivity index (χ4n) is 2.56. The molecule has 0 spiro atoms. The van der Waals surface area contributed by atoms with E-state index >= 15 is 0 Å². The van der Waals surface area contributed by atoms with Gasteiger partial charge in [0.05, 0.1) is 11.1 Å². The zero-order valence-electron chi connectivity index (χ0n) is 14.0.